The summed E-state index contributed by atoms with van der Waals surface area (Å²) in [5, 5.41) is 5.88. The number of nitrogens with two attached hydrogens (primary N) is 1. The monoisotopic (exact) mass is 368 g/mol. The molecule has 0 aliphatic heterocycles. The van der Waals surface area contributed by atoms with Gasteiger partial charge in [0.1, 0.15) is 6.54 Å². The predicted molar refractivity (Wildman–Crippen MR) is 85.2 cm³/mol. The Kier molecular flexibility index (Phi) is 10.1. The summed E-state index contributed by atoms with van der Waals surface area (Å²) in [6.45, 7) is 3.14. The molecule has 1 aliphatic carbocycles. The van der Waals surface area contributed by atoms with E-state index in [-0.39, 0.29) is 36.4 Å². The molecule has 1 amide bonds. The molecule has 0 aromatic rings. The number of nitrogens with one attached hydrogen (secondary N) is 2. The number of hydrogen-bond donors (Lipinski definition) is 3. The Balaban J connectivity index is 0.00000289. The zero-order chi connectivity index (χ0) is 12.5. The van der Waals surface area contributed by atoms with E-state index in [2.05, 4.69) is 22.5 Å². The SMILES string of the molecule is CCCCCCNC(N)=NCC(=O)NC1CC1.I. The van der Waals surface area contributed by atoms with Gasteiger partial charge in [-0.25, -0.2) is 4.99 Å². The van der Waals surface area contributed by atoms with Gasteiger partial charge in [-0.05, 0) is 19.3 Å². The molecule has 0 unspecified atom stereocenters. The summed E-state index contributed by atoms with van der Waals surface area (Å²) < 4.78 is 0. The lowest BCUT2D eigenvalue weighted by Crippen LogP contribution is -2.34. The Hall–Kier alpha value is -0.530. The van der Waals surface area contributed by atoms with Crippen LogP contribution in [0.15, 0.2) is 4.99 Å². The van der Waals surface area contributed by atoms with Gasteiger partial charge >= 0.3 is 0 Å². The number of amides is 1. The molecule has 0 spiro atoms. The molecule has 6 heteroatoms. The first-order valence-corrected chi connectivity index (χ1v) is 6.55. The van der Waals surface area contributed by atoms with Crippen molar-refractivity contribution in [3.8, 4) is 0 Å². The maximum absolute atomic E-state index is 11.3. The summed E-state index contributed by atoms with van der Waals surface area (Å²) in [7, 11) is 0. The van der Waals surface area contributed by atoms with Crippen molar-refractivity contribution in [2.45, 2.75) is 51.5 Å². The lowest BCUT2D eigenvalue weighted by molar-refractivity contribution is -0.119. The van der Waals surface area contributed by atoms with Gasteiger partial charge in [-0.15, -0.1) is 24.0 Å². The Labute approximate surface area is 126 Å². The van der Waals surface area contributed by atoms with Crippen LogP contribution in [-0.4, -0.2) is 31.0 Å². The normalized spacial score (nSPS) is 14.8. The molecular formula is C12H25IN4O. The van der Waals surface area contributed by atoms with Gasteiger partial charge in [0.2, 0.25) is 5.91 Å². The Bertz CT molecular complexity index is 267. The molecule has 0 atom stereocenters. The summed E-state index contributed by atoms with van der Waals surface area (Å²) in [5.74, 6) is 0.329. The molecule has 5 nitrogen and oxygen atoms in total. The topological polar surface area (TPSA) is 79.5 Å². The minimum Gasteiger partial charge on any atom is -0.370 e. The molecule has 106 valence electrons. The second-order valence-corrected chi connectivity index (χ2v) is 4.53. The van der Waals surface area contributed by atoms with Gasteiger partial charge in [-0.3, -0.25) is 4.79 Å². The van der Waals surface area contributed by atoms with Crippen molar-refractivity contribution in [2.24, 2.45) is 10.7 Å². The quantitative estimate of drug-likeness (QED) is 0.262. The summed E-state index contributed by atoms with van der Waals surface area (Å²) in [6.07, 6.45) is 6.98. The van der Waals surface area contributed by atoms with Gasteiger partial charge in [-0.2, -0.15) is 0 Å². The maximum Gasteiger partial charge on any atom is 0.242 e. The highest BCUT2D eigenvalue weighted by atomic mass is 127. The summed E-state index contributed by atoms with van der Waals surface area (Å²) >= 11 is 0. The largest absolute Gasteiger partial charge is 0.370 e. The van der Waals surface area contributed by atoms with Gasteiger partial charge in [-0.1, -0.05) is 26.2 Å². The van der Waals surface area contributed by atoms with Gasteiger partial charge in [0.15, 0.2) is 5.96 Å². The molecule has 1 rings (SSSR count). The second-order valence-electron chi connectivity index (χ2n) is 4.53. The van der Waals surface area contributed by atoms with Crippen LogP contribution < -0.4 is 16.4 Å². The molecule has 0 saturated heterocycles. The minimum absolute atomic E-state index is 0. The number of aliphatic imine (C=N–C) groups is 1. The average molecular weight is 368 g/mol. The van der Waals surface area contributed by atoms with Crippen LogP contribution in [0.2, 0.25) is 0 Å². The number of hydrogen-bond acceptors (Lipinski definition) is 2. The molecule has 0 heterocycles. The zero-order valence-corrected chi connectivity index (χ0v) is 13.4. The van der Waals surface area contributed by atoms with Crippen molar-refractivity contribution >= 4 is 35.8 Å². The average Bonchev–Trinajstić information content (AvgIpc) is 3.10. The van der Waals surface area contributed by atoms with Gasteiger partial charge in [0.05, 0.1) is 0 Å². The molecule has 1 aliphatic rings. The number of guanidine groups is 1. The van der Waals surface area contributed by atoms with Crippen molar-refractivity contribution in [1.82, 2.24) is 10.6 Å². The van der Waals surface area contributed by atoms with Crippen LogP contribution in [0.3, 0.4) is 0 Å². The third-order valence-corrected chi connectivity index (χ3v) is 2.67. The fourth-order valence-electron chi connectivity index (χ4n) is 1.48. The van der Waals surface area contributed by atoms with Crippen LogP contribution in [0, 0.1) is 0 Å². The van der Waals surface area contributed by atoms with E-state index in [9.17, 15) is 4.79 Å². The first-order chi connectivity index (χ1) is 8.22. The highest BCUT2D eigenvalue weighted by Gasteiger charge is 2.22. The third-order valence-electron chi connectivity index (χ3n) is 2.67. The molecular weight excluding hydrogens is 343 g/mol. The number of rotatable bonds is 8. The van der Waals surface area contributed by atoms with Crippen molar-refractivity contribution in [2.75, 3.05) is 13.1 Å². The Morgan fingerprint density at radius 3 is 2.67 bits per heavy atom. The molecule has 1 saturated carbocycles. The van der Waals surface area contributed by atoms with Crippen LogP contribution in [0.4, 0.5) is 0 Å². The standard InChI is InChI=1S/C12H24N4O.HI/c1-2-3-4-5-8-14-12(13)15-9-11(17)16-10-6-7-10;/h10H,2-9H2,1H3,(H,16,17)(H3,13,14,15);1H. The van der Waals surface area contributed by atoms with E-state index in [0.29, 0.717) is 12.0 Å². The molecule has 0 aromatic carbocycles. The minimum atomic E-state index is -0.0387. The van der Waals surface area contributed by atoms with Crippen LogP contribution >= 0.6 is 24.0 Å². The number of carbonyl (C=O) groups excluding carboxylic acids is 1. The first-order valence-electron chi connectivity index (χ1n) is 6.55. The molecule has 0 radical (unpaired) electrons. The summed E-state index contributed by atoms with van der Waals surface area (Å²) in [6, 6.07) is 0.390. The lowest BCUT2D eigenvalue weighted by atomic mass is 10.2. The van der Waals surface area contributed by atoms with Crippen molar-refractivity contribution < 1.29 is 4.79 Å². The second kappa shape index (κ2) is 10.4. The number of carbonyl (C=O) groups is 1. The van der Waals surface area contributed by atoms with Crippen molar-refractivity contribution in [1.29, 1.82) is 0 Å². The van der Waals surface area contributed by atoms with Gasteiger partial charge in [0.25, 0.3) is 0 Å². The first kappa shape index (κ1) is 17.5. The predicted octanol–water partition coefficient (Wildman–Crippen LogP) is 1.37. The Morgan fingerprint density at radius 2 is 2.06 bits per heavy atom. The molecule has 18 heavy (non-hydrogen) atoms. The highest BCUT2D eigenvalue weighted by molar-refractivity contribution is 14.0. The van der Waals surface area contributed by atoms with Gasteiger partial charge < -0.3 is 16.4 Å². The van der Waals surface area contributed by atoms with Crippen LogP contribution in [0.25, 0.3) is 0 Å². The van der Waals surface area contributed by atoms with E-state index in [1.165, 1.54) is 19.3 Å². The highest BCUT2D eigenvalue weighted by Crippen LogP contribution is 2.18. The maximum atomic E-state index is 11.3. The van der Waals surface area contributed by atoms with Crippen LogP contribution in [0.5, 0.6) is 0 Å². The molecule has 0 aromatic heterocycles. The fourth-order valence-corrected chi connectivity index (χ4v) is 1.48. The van der Waals surface area contributed by atoms with Gasteiger partial charge in [0, 0.05) is 12.6 Å². The van der Waals surface area contributed by atoms with Crippen LogP contribution in [-0.2, 0) is 4.79 Å². The molecule has 4 N–H and O–H groups in total. The third kappa shape index (κ3) is 9.49. The van der Waals surface area contributed by atoms with Crippen molar-refractivity contribution in [3.05, 3.63) is 0 Å². The molecule has 0 bridgehead atoms. The van der Waals surface area contributed by atoms with Crippen LogP contribution in [0.1, 0.15) is 45.4 Å². The van der Waals surface area contributed by atoms with E-state index in [0.717, 1.165) is 25.8 Å². The summed E-state index contributed by atoms with van der Waals surface area (Å²) in [5.41, 5.74) is 5.64. The van der Waals surface area contributed by atoms with E-state index in [1.54, 1.807) is 0 Å². The van der Waals surface area contributed by atoms with E-state index in [4.69, 9.17) is 5.73 Å². The summed E-state index contributed by atoms with van der Waals surface area (Å²) in [4.78, 5) is 15.3. The number of halogens is 1. The van der Waals surface area contributed by atoms with Crippen molar-refractivity contribution in [3.63, 3.8) is 0 Å². The molecule has 1 fully saturated rings. The smallest absolute Gasteiger partial charge is 0.242 e. The van der Waals surface area contributed by atoms with E-state index < -0.39 is 0 Å². The zero-order valence-electron chi connectivity index (χ0n) is 11.1. The Morgan fingerprint density at radius 1 is 1.33 bits per heavy atom. The van der Waals surface area contributed by atoms with E-state index >= 15 is 0 Å². The fraction of sp³-hybridized carbons (Fsp3) is 0.833. The lowest BCUT2D eigenvalue weighted by Gasteiger charge is -2.05. The number of nitrogens with zero attached hydrogens (tertiary/aromatic N) is 1. The van der Waals surface area contributed by atoms with E-state index in [1.807, 2.05) is 0 Å². The number of unbranched alkanes of at least 4 members (excludes halogenated alkanes) is 3.